The molecule has 1 fully saturated rings. The Bertz CT molecular complexity index is 1000. The zero-order chi connectivity index (χ0) is 19.1. The van der Waals surface area contributed by atoms with Crippen LogP contribution < -0.4 is 0 Å². The Morgan fingerprint density at radius 2 is 1.81 bits per heavy atom. The van der Waals surface area contributed by atoms with Crippen molar-refractivity contribution in [3.8, 4) is 11.3 Å². The molecule has 1 aromatic heterocycles. The SMILES string of the molecule is COC(=O)CC1CC(c2c(-c3ccc(F)cc3)[nH]c3c(F)cc(F)cc23)C1. The molecule has 2 aromatic carbocycles. The van der Waals surface area contributed by atoms with Gasteiger partial charge in [-0.2, -0.15) is 0 Å². The first-order chi connectivity index (χ1) is 13.0. The van der Waals surface area contributed by atoms with Crippen LogP contribution in [-0.2, 0) is 9.53 Å². The molecule has 6 heteroatoms. The van der Waals surface area contributed by atoms with Gasteiger partial charge < -0.3 is 9.72 Å². The number of hydrogen-bond donors (Lipinski definition) is 1. The Hall–Kier alpha value is -2.76. The number of aromatic nitrogens is 1. The second-order valence-electron chi connectivity index (χ2n) is 7.05. The maximum absolute atomic E-state index is 14.3. The average Bonchev–Trinajstić information content (AvgIpc) is 2.97. The van der Waals surface area contributed by atoms with Crippen LogP contribution in [0.4, 0.5) is 13.2 Å². The normalized spacial score (nSPS) is 19.1. The highest BCUT2D eigenvalue weighted by atomic mass is 19.1. The lowest BCUT2D eigenvalue weighted by Gasteiger charge is -2.35. The van der Waals surface area contributed by atoms with Crippen molar-refractivity contribution in [2.45, 2.75) is 25.2 Å². The topological polar surface area (TPSA) is 42.1 Å². The van der Waals surface area contributed by atoms with E-state index in [1.165, 1.54) is 25.3 Å². The van der Waals surface area contributed by atoms with Gasteiger partial charge in [0.25, 0.3) is 0 Å². The van der Waals surface area contributed by atoms with Gasteiger partial charge in [0.1, 0.15) is 17.5 Å². The van der Waals surface area contributed by atoms with Crippen molar-refractivity contribution < 1.29 is 22.7 Å². The van der Waals surface area contributed by atoms with Gasteiger partial charge >= 0.3 is 5.97 Å². The second-order valence-corrected chi connectivity index (χ2v) is 7.05. The summed E-state index contributed by atoms with van der Waals surface area (Å²) in [6, 6.07) is 8.07. The minimum atomic E-state index is -0.662. The number of methoxy groups -OCH3 is 1. The van der Waals surface area contributed by atoms with E-state index in [9.17, 15) is 18.0 Å². The average molecular weight is 373 g/mol. The summed E-state index contributed by atoms with van der Waals surface area (Å²) in [6.07, 6.45) is 1.80. The Balaban J connectivity index is 1.77. The summed E-state index contributed by atoms with van der Waals surface area (Å²) in [5.41, 5.74) is 2.42. The van der Waals surface area contributed by atoms with Crippen molar-refractivity contribution in [3.63, 3.8) is 0 Å². The third-order valence-corrected chi connectivity index (χ3v) is 5.32. The molecule has 1 aliphatic carbocycles. The predicted octanol–water partition coefficient (Wildman–Crippen LogP) is 5.31. The first-order valence-corrected chi connectivity index (χ1v) is 8.79. The molecule has 0 unspecified atom stereocenters. The number of rotatable bonds is 4. The van der Waals surface area contributed by atoms with Crippen LogP contribution in [-0.4, -0.2) is 18.1 Å². The molecule has 1 heterocycles. The van der Waals surface area contributed by atoms with Gasteiger partial charge in [0, 0.05) is 17.9 Å². The number of aromatic amines is 1. The van der Waals surface area contributed by atoms with E-state index in [1.807, 2.05) is 0 Å². The fourth-order valence-corrected chi connectivity index (χ4v) is 3.97. The minimum Gasteiger partial charge on any atom is -0.469 e. The van der Waals surface area contributed by atoms with Crippen molar-refractivity contribution in [1.29, 1.82) is 0 Å². The van der Waals surface area contributed by atoms with Crippen LogP contribution in [0.1, 0.15) is 30.7 Å². The lowest BCUT2D eigenvalue weighted by atomic mass is 9.69. The van der Waals surface area contributed by atoms with Gasteiger partial charge in [-0.25, -0.2) is 13.2 Å². The van der Waals surface area contributed by atoms with E-state index in [0.717, 1.165) is 24.5 Å². The van der Waals surface area contributed by atoms with Gasteiger partial charge in [-0.3, -0.25) is 4.79 Å². The van der Waals surface area contributed by atoms with Gasteiger partial charge in [0.2, 0.25) is 0 Å². The molecule has 3 aromatic rings. The number of ether oxygens (including phenoxy) is 1. The van der Waals surface area contributed by atoms with E-state index in [-0.39, 0.29) is 29.1 Å². The van der Waals surface area contributed by atoms with E-state index in [2.05, 4.69) is 4.98 Å². The summed E-state index contributed by atoms with van der Waals surface area (Å²) in [5.74, 6) is -1.67. The van der Waals surface area contributed by atoms with Gasteiger partial charge in [-0.15, -0.1) is 0 Å². The third-order valence-electron chi connectivity index (χ3n) is 5.32. The maximum atomic E-state index is 14.3. The third kappa shape index (κ3) is 3.20. The number of hydrogen-bond acceptors (Lipinski definition) is 2. The monoisotopic (exact) mass is 373 g/mol. The molecule has 140 valence electrons. The molecule has 0 atom stereocenters. The fraction of sp³-hybridized carbons (Fsp3) is 0.286. The number of H-pyrrole nitrogens is 1. The Labute approximate surface area is 154 Å². The molecular weight excluding hydrogens is 355 g/mol. The number of nitrogens with one attached hydrogen (secondary N) is 1. The molecular formula is C21H18F3NO2. The molecule has 0 saturated heterocycles. The summed E-state index contributed by atoms with van der Waals surface area (Å²) in [6.45, 7) is 0. The standard InChI is InChI=1S/C21H18F3NO2/c1-27-18(26)8-11-6-13(7-11)19-16-9-15(23)10-17(24)21(16)25-20(19)12-2-4-14(22)5-3-12/h2-5,9-11,13,25H,6-8H2,1H3. The highest BCUT2D eigenvalue weighted by Crippen LogP contribution is 2.49. The van der Waals surface area contributed by atoms with Crippen molar-refractivity contribution in [2.75, 3.05) is 7.11 Å². The largest absolute Gasteiger partial charge is 0.469 e. The minimum absolute atomic E-state index is 0.0645. The number of benzene rings is 2. The van der Waals surface area contributed by atoms with Crippen LogP contribution >= 0.6 is 0 Å². The highest BCUT2D eigenvalue weighted by molar-refractivity contribution is 5.92. The van der Waals surface area contributed by atoms with Crippen LogP contribution in [0, 0.1) is 23.4 Å². The maximum Gasteiger partial charge on any atom is 0.305 e. The number of fused-ring (bicyclic) bond motifs is 1. The van der Waals surface area contributed by atoms with Crippen LogP contribution in [0.3, 0.4) is 0 Å². The molecule has 0 spiro atoms. The van der Waals surface area contributed by atoms with Crippen LogP contribution in [0.15, 0.2) is 36.4 Å². The van der Waals surface area contributed by atoms with Gasteiger partial charge in [0.05, 0.1) is 18.3 Å². The number of esters is 1. The van der Waals surface area contributed by atoms with Crippen molar-refractivity contribution in [3.05, 3.63) is 59.4 Å². The summed E-state index contributed by atoms with van der Waals surface area (Å²) in [7, 11) is 1.36. The van der Waals surface area contributed by atoms with Crippen LogP contribution in [0.5, 0.6) is 0 Å². The summed E-state index contributed by atoms with van der Waals surface area (Å²) < 4.78 is 46.2. The summed E-state index contributed by atoms with van der Waals surface area (Å²) in [5, 5.41) is 0.494. The number of halogens is 3. The molecule has 0 bridgehead atoms. The van der Waals surface area contributed by atoms with E-state index >= 15 is 0 Å². The highest BCUT2D eigenvalue weighted by Gasteiger charge is 2.35. The molecule has 3 nitrogen and oxygen atoms in total. The number of carbonyl (C=O) groups is 1. The van der Waals surface area contributed by atoms with Crippen LogP contribution in [0.2, 0.25) is 0 Å². The van der Waals surface area contributed by atoms with E-state index in [4.69, 9.17) is 4.74 Å². The fourth-order valence-electron chi connectivity index (χ4n) is 3.97. The lowest BCUT2D eigenvalue weighted by Crippen LogP contribution is -2.25. The van der Waals surface area contributed by atoms with Crippen LogP contribution in [0.25, 0.3) is 22.2 Å². The lowest BCUT2D eigenvalue weighted by molar-refractivity contribution is -0.142. The number of carbonyl (C=O) groups excluding carboxylic acids is 1. The Morgan fingerprint density at radius 3 is 2.48 bits per heavy atom. The summed E-state index contributed by atoms with van der Waals surface area (Å²) in [4.78, 5) is 14.5. The molecule has 0 amide bonds. The Morgan fingerprint density at radius 1 is 1.11 bits per heavy atom. The van der Waals surface area contributed by atoms with Gasteiger partial charge in [0.15, 0.2) is 0 Å². The van der Waals surface area contributed by atoms with E-state index < -0.39 is 11.6 Å². The molecule has 27 heavy (non-hydrogen) atoms. The Kier molecular flexibility index (Phi) is 4.42. The summed E-state index contributed by atoms with van der Waals surface area (Å²) >= 11 is 0. The first kappa shape index (κ1) is 17.6. The first-order valence-electron chi connectivity index (χ1n) is 8.79. The molecule has 0 radical (unpaired) electrons. The van der Waals surface area contributed by atoms with Gasteiger partial charge in [-0.05, 0) is 66.1 Å². The molecule has 1 saturated carbocycles. The van der Waals surface area contributed by atoms with Gasteiger partial charge in [-0.1, -0.05) is 0 Å². The molecule has 0 aliphatic heterocycles. The molecule has 1 aliphatic rings. The smallest absolute Gasteiger partial charge is 0.305 e. The second kappa shape index (κ2) is 6.76. The van der Waals surface area contributed by atoms with Crippen molar-refractivity contribution in [2.24, 2.45) is 5.92 Å². The quantitative estimate of drug-likeness (QED) is 0.630. The van der Waals surface area contributed by atoms with Crippen molar-refractivity contribution >= 4 is 16.9 Å². The zero-order valence-corrected chi connectivity index (χ0v) is 14.7. The molecule has 1 N–H and O–H groups in total. The zero-order valence-electron chi connectivity index (χ0n) is 14.7. The molecule has 4 rings (SSSR count). The van der Waals surface area contributed by atoms with E-state index in [0.29, 0.717) is 23.1 Å². The predicted molar refractivity (Wildman–Crippen MR) is 95.7 cm³/mol. The van der Waals surface area contributed by atoms with Crippen molar-refractivity contribution in [1.82, 2.24) is 4.98 Å². The van der Waals surface area contributed by atoms with E-state index in [1.54, 1.807) is 12.1 Å².